The van der Waals surface area contributed by atoms with Crippen LogP contribution in [-0.4, -0.2) is 48.3 Å². The lowest BCUT2D eigenvalue weighted by Crippen LogP contribution is -2.57. The molecule has 4 heteroatoms. The molecule has 0 amide bonds. The molecule has 14 heavy (non-hydrogen) atoms. The number of likely N-dealkylation sites (tertiary alicyclic amines) is 1. The third kappa shape index (κ3) is 1.77. The number of piperidine rings is 1. The van der Waals surface area contributed by atoms with Gasteiger partial charge in [0.15, 0.2) is 5.60 Å². The topological polar surface area (TPSA) is 49.8 Å². The van der Waals surface area contributed by atoms with Crippen LogP contribution in [0.2, 0.25) is 0 Å². The fourth-order valence-corrected chi connectivity index (χ4v) is 2.03. The highest BCUT2D eigenvalue weighted by atomic mass is 16.5. The molecule has 0 aromatic heterocycles. The molecule has 0 spiro atoms. The quantitative estimate of drug-likeness (QED) is 0.618. The van der Waals surface area contributed by atoms with Gasteiger partial charge in [-0.05, 0) is 14.0 Å². The Morgan fingerprint density at radius 3 is 2.64 bits per heavy atom. The first-order valence-corrected chi connectivity index (χ1v) is 4.93. The van der Waals surface area contributed by atoms with Crippen LogP contribution in [0.1, 0.15) is 20.3 Å². The highest BCUT2D eigenvalue weighted by Gasteiger charge is 2.47. The molecule has 82 valence electrons. The molecule has 0 aromatic carbocycles. The lowest BCUT2D eigenvalue weighted by Gasteiger charge is -2.43. The zero-order valence-electron chi connectivity index (χ0n) is 9.28. The van der Waals surface area contributed by atoms with Gasteiger partial charge in [0, 0.05) is 24.9 Å². The van der Waals surface area contributed by atoms with Gasteiger partial charge in [0.2, 0.25) is 0 Å². The molecule has 1 heterocycles. The van der Waals surface area contributed by atoms with E-state index in [1.54, 1.807) is 0 Å². The van der Waals surface area contributed by atoms with Crippen LogP contribution in [0.4, 0.5) is 0 Å². The normalized spacial score (nSPS) is 39.5. The summed E-state index contributed by atoms with van der Waals surface area (Å²) in [5.41, 5.74) is -1.30. The van der Waals surface area contributed by atoms with Gasteiger partial charge in [-0.3, -0.25) is 0 Å². The molecule has 4 nitrogen and oxygen atoms in total. The van der Waals surface area contributed by atoms with Crippen LogP contribution in [-0.2, 0) is 9.53 Å². The van der Waals surface area contributed by atoms with Crippen molar-refractivity contribution in [3.8, 4) is 0 Å². The van der Waals surface area contributed by atoms with Crippen molar-refractivity contribution in [3.63, 3.8) is 0 Å². The number of hydrogen-bond acceptors (Lipinski definition) is 4. The second kappa shape index (κ2) is 3.87. The molecule has 0 aliphatic carbocycles. The summed E-state index contributed by atoms with van der Waals surface area (Å²) in [6, 6.07) is 0.204. The van der Waals surface area contributed by atoms with E-state index in [1.165, 1.54) is 7.11 Å². The van der Waals surface area contributed by atoms with Crippen molar-refractivity contribution in [2.24, 2.45) is 5.92 Å². The fraction of sp³-hybridized carbons (Fsp3) is 0.900. The van der Waals surface area contributed by atoms with Crippen molar-refractivity contribution in [1.29, 1.82) is 0 Å². The average Bonchev–Trinajstić information content (AvgIpc) is 2.13. The van der Waals surface area contributed by atoms with Crippen molar-refractivity contribution >= 4 is 5.97 Å². The smallest absolute Gasteiger partial charge is 0.338 e. The molecule has 0 saturated carbocycles. The summed E-state index contributed by atoms with van der Waals surface area (Å²) in [6.45, 7) is 4.59. The Hall–Kier alpha value is -0.610. The Labute approximate surface area is 84.8 Å². The number of nitrogens with zero attached hydrogens (tertiary/aromatic N) is 1. The number of esters is 1. The molecular weight excluding hydrogens is 182 g/mol. The Morgan fingerprint density at radius 2 is 2.14 bits per heavy atom. The van der Waals surface area contributed by atoms with E-state index < -0.39 is 11.6 Å². The number of methoxy groups -OCH3 is 1. The molecule has 0 aromatic rings. The summed E-state index contributed by atoms with van der Waals surface area (Å²) in [5.74, 6) is -0.596. The highest BCUT2D eigenvalue weighted by molar-refractivity contribution is 5.79. The SMILES string of the molecule is COC(=O)[C@]1(O)C[C@H](C)N(C)C[C@H]1C. The van der Waals surface area contributed by atoms with Crippen LogP contribution < -0.4 is 0 Å². The van der Waals surface area contributed by atoms with E-state index >= 15 is 0 Å². The zero-order valence-corrected chi connectivity index (χ0v) is 9.28. The van der Waals surface area contributed by atoms with Crippen LogP contribution in [0.5, 0.6) is 0 Å². The maximum atomic E-state index is 11.5. The van der Waals surface area contributed by atoms with Gasteiger partial charge in [-0.2, -0.15) is 0 Å². The predicted octanol–water partition coefficient (Wildman–Crippen LogP) is 0.251. The molecule has 1 aliphatic rings. The summed E-state index contributed by atoms with van der Waals surface area (Å²) in [4.78, 5) is 13.6. The Balaban J connectivity index is 2.83. The first-order valence-electron chi connectivity index (χ1n) is 4.93. The molecule has 1 N–H and O–H groups in total. The second-order valence-electron chi connectivity index (χ2n) is 4.31. The summed E-state index contributed by atoms with van der Waals surface area (Å²) < 4.78 is 4.64. The second-order valence-corrected chi connectivity index (χ2v) is 4.31. The number of aliphatic hydroxyl groups is 1. The summed E-state index contributed by atoms with van der Waals surface area (Å²) in [5, 5.41) is 10.2. The van der Waals surface area contributed by atoms with Crippen LogP contribution in [0.25, 0.3) is 0 Å². The van der Waals surface area contributed by atoms with E-state index in [2.05, 4.69) is 9.64 Å². The van der Waals surface area contributed by atoms with Gasteiger partial charge in [-0.1, -0.05) is 6.92 Å². The molecule has 0 radical (unpaired) electrons. The summed E-state index contributed by atoms with van der Waals surface area (Å²) in [7, 11) is 3.31. The lowest BCUT2D eigenvalue weighted by molar-refractivity contribution is -0.176. The van der Waals surface area contributed by atoms with E-state index in [4.69, 9.17) is 0 Å². The largest absolute Gasteiger partial charge is 0.467 e. The van der Waals surface area contributed by atoms with Crippen LogP contribution in [0.15, 0.2) is 0 Å². The van der Waals surface area contributed by atoms with Crippen molar-refractivity contribution in [2.45, 2.75) is 31.9 Å². The average molecular weight is 201 g/mol. The van der Waals surface area contributed by atoms with Crippen LogP contribution >= 0.6 is 0 Å². The first kappa shape index (κ1) is 11.5. The molecule has 0 bridgehead atoms. The van der Waals surface area contributed by atoms with Gasteiger partial charge in [-0.25, -0.2) is 4.79 Å². The van der Waals surface area contributed by atoms with Gasteiger partial charge in [-0.15, -0.1) is 0 Å². The number of carbonyl (C=O) groups is 1. The van der Waals surface area contributed by atoms with E-state index in [1.807, 2.05) is 20.9 Å². The van der Waals surface area contributed by atoms with Gasteiger partial charge in [0.05, 0.1) is 7.11 Å². The Morgan fingerprint density at radius 1 is 1.57 bits per heavy atom. The van der Waals surface area contributed by atoms with Crippen LogP contribution in [0, 0.1) is 5.92 Å². The Bertz CT molecular complexity index is 231. The lowest BCUT2D eigenvalue weighted by atomic mass is 9.79. The molecule has 1 fully saturated rings. The fourth-order valence-electron chi connectivity index (χ4n) is 2.03. The molecular formula is C10H19NO3. The first-order chi connectivity index (χ1) is 6.41. The number of rotatable bonds is 1. The van der Waals surface area contributed by atoms with Crippen molar-refractivity contribution < 1.29 is 14.6 Å². The van der Waals surface area contributed by atoms with Crippen LogP contribution in [0.3, 0.4) is 0 Å². The molecule has 3 atom stereocenters. The van der Waals surface area contributed by atoms with E-state index in [0.29, 0.717) is 13.0 Å². The molecule has 1 saturated heterocycles. The third-order valence-electron chi connectivity index (χ3n) is 3.28. The minimum absolute atomic E-state index is 0.0869. The van der Waals surface area contributed by atoms with E-state index in [9.17, 15) is 9.90 Å². The summed E-state index contributed by atoms with van der Waals surface area (Å²) in [6.07, 6.45) is 0.442. The highest BCUT2D eigenvalue weighted by Crippen LogP contribution is 2.31. The number of ether oxygens (including phenoxy) is 1. The van der Waals surface area contributed by atoms with Crippen molar-refractivity contribution in [3.05, 3.63) is 0 Å². The molecule has 1 rings (SSSR count). The predicted molar refractivity (Wildman–Crippen MR) is 52.8 cm³/mol. The third-order valence-corrected chi connectivity index (χ3v) is 3.28. The van der Waals surface area contributed by atoms with Gasteiger partial charge in [0.25, 0.3) is 0 Å². The maximum absolute atomic E-state index is 11.5. The van der Waals surface area contributed by atoms with Crippen molar-refractivity contribution in [1.82, 2.24) is 4.90 Å². The van der Waals surface area contributed by atoms with Gasteiger partial charge < -0.3 is 14.7 Å². The maximum Gasteiger partial charge on any atom is 0.338 e. The monoisotopic (exact) mass is 201 g/mol. The summed E-state index contributed by atoms with van der Waals surface area (Å²) >= 11 is 0. The number of hydrogen-bond donors (Lipinski definition) is 1. The van der Waals surface area contributed by atoms with E-state index in [-0.39, 0.29) is 12.0 Å². The Kier molecular flexibility index (Phi) is 3.17. The van der Waals surface area contributed by atoms with Gasteiger partial charge >= 0.3 is 5.97 Å². The number of carbonyl (C=O) groups excluding carboxylic acids is 1. The van der Waals surface area contributed by atoms with Crippen molar-refractivity contribution in [2.75, 3.05) is 20.7 Å². The zero-order chi connectivity index (χ0) is 10.9. The molecule has 1 aliphatic heterocycles. The standard InChI is InChI=1S/C10H19NO3/c1-7-6-11(3)8(2)5-10(7,13)9(12)14-4/h7-8,13H,5-6H2,1-4H3/t7-,8+,10+/m1/s1. The van der Waals surface area contributed by atoms with Gasteiger partial charge in [0.1, 0.15) is 0 Å². The minimum atomic E-state index is -1.30. The molecule has 0 unspecified atom stereocenters. The van der Waals surface area contributed by atoms with E-state index in [0.717, 1.165) is 0 Å². The minimum Gasteiger partial charge on any atom is -0.467 e.